The summed E-state index contributed by atoms with van der Waals surface area (Å²) < 4.78 is 5.49. The molecule has 0 bridgehead atoms. The van der Waals surface area contributed by atoms with Crippen molar-refractivity contribution < 1.29 is 14.6 Å². The monoisotopic (exact) mass is 360 g/mol. The van der Waals surface area contributed by atoms with Gasteiger partial charge in [0.15, 0.2) is 6.61 Å². The molecule has 0 unspecified atom stereocenters. The second-order valence-corrected chi connectivity index (χ2v) is 5.93. The van der Waals surface area contributed by atoms with Crippen molar-refractivity contribution in [2.45, 2.75) is 6.92 Å². The summed E-state index contributed by atoms with van der Waals surface area (Å²) >= 11 is 0. The van der Waals surface area contributed by atoms with Crippen LogP contribution in [-0.2, 0) is 4.79 Å². The number of amides is 1. The first-order valence-electron chi connectivity index (χ1n) is 8.53. The molecule has 1 amide bonds. The highest BCUT2D eigenvalue weighted by molar-refractivity contribution is 6.01. The van der Waals surface area contributed by atoms with Crippen molar-refractivity contribution in [3.63, 3.8) is 0 Å². The molecule has 0 aromatic heterocycles. The molecule has 136 valence electrons. The summed E-state index contributed by atoms with van der Waals surface area (Å²) in [5.74, 6) is 0.339. The highest BCUT2D eigenvalue weighted by Crippen LogP contribution is 2.22. The van der Waals surface area contributed by atoms with Gasteiger partial charge in [0, 0.05) is 5.56 Å². The van der Waals surface area contributed by atoms with Gasteiger partial charge in [-0.05, 0) is 42.3 Å². The van der Waals surface area contributed by atoms with Gasteiger partial charge in [0.25, 0.3) is 5.91 Å². The molecule has 2 N–H and O–H groups in total. The normalized spacial score (nSPS) is 11.1. The number of nitrogens with one attached hydrogen (secondary N) is 1. The number of hydrogen-bond donors (Lipinski definition) is 2. The van der Waals surface area contributed by atoms with Crippen LogP contribution in [0.1, 0.15) is 12.5 Å². The van der Waals surface area contributed by atoms with Crippen LogP contribution < -0.4 is 10.2 Å². The molecule has 5 heteroatoms. The van der Waals surface area contributed by atoms with Crippen LogP contribution in [-0.4, -0.2) is 23.3 Å². The van der Waals surface area contributed by atoms with Crippen molar-refractivity contribution in [2.24, 2.45) is 5.10 Å². The Morgan fingerprint density at radius 3 is 2.26 bits per heavy atom. The minimum absolute atomic E-state index is 0.114. The van der Waals surface area contributed by atoms with Gasteiger partial charge in [-0.1, -0.05) is 54.6 Å². The summed E-state index contributed by atoms with van der Waals surface area (Å²) in [6.07, 6.45) is 0. The van der Waals surface area contributed by atoms with Gasteiger partial charge in [-0.2, -0.15) is 5.10 Å². The van der Waals surface area contributed by atoms with E-state index in [1.165, 1.54) is 0 Å². The van der Waals surface area contributed by atoms with Gasteiger partial charge in [0.2, 0.25) is 0 Å². The number of carbonyl (C=O) groups is 1. The number of ether oxygens (including phenoxy) is 1. The Hall–Kier alpha value is -3.60. The maximum absolute atomic E-state index is 11.9. The average Bonchev–Trinajstić information content (AvgIpc) is 2.72. The van der Waals surface area contributed by atoms with Crippen molar-refractivity contribution in [3.05, 3.63) is 84.4 Å². The lowest BCUT2D eigenvalue weighted by molar-refractivity contribution is -0.123. The lowest BCUT2D eigenvalue weighted by Crippen LogP contribution is -2.25. The minimum Gasteiger partial charge on any atom is -0.507 e. The lowest BCUT2D eigenvalue weighted by atomic mass is 10.1. The molecule has 0 aliphatic carbocycles. The topological polar surface area (TPSA) is 70.9 Å². The molecule has 0 atom stereocenters. The van der Waals surface area contributed by atoms with Crippen LogP contribution in [0, 0.1) is 0 Å². The first-order chi connectivity index (χ1) is 13.1. The number of benzene rings is 3. The molecule has 0 saturated carbocycles. The fourth-order valence-corrected chi connectivity index (χ4v) is 2.54. The first-order valence-corrected chi connectivity index (χ1v) is 8.53. The highest BCUT2D eigenvalue weighted by Gasteiger charge is 2.06. The average molecular weight is 360 g/mol. The number of nitrogens with zero attached hydrogens (tertiary/aromatic N) is 1. The van der Waals surface area contributed by atoms with Gasteiger partial charge < -0.3 is 9.84 Å². The van der Waals surface area contributed by atoms with Crippen molar-refractivity contribution in [3.8, 4) is 22.6 Å². The Labute approximate surface area is 157 Å². The number of hydrazone groups is 1. The second kappa shape index (κ2) is 8.67. The van der Waals surface area contributed by atoms with E-state index in [1.807, 2.05) is 54.6 Å². The molecule has 0 aliphatic heterocycles. The summed E-state index contributed by atoms with van der Waals surface area (Å²) in [6, 6.07) is 24.4. The molecule has 0 saturated heterocycles. The number of rotatable bonds is 6. The fourth-order valence-electron chi connectivity index (χ4n) is 2.54. The number of hydrogen-bond acceptors (Lipinski definition) is 4. The molecular formula is C22H20N2O3. The van der Waals surface area contributed by atoms with E-state index in [0.717, 1.165) is 11.1 Å². The van der Waals surface area contributed by atoms with Crippen LogP contribution in [0.25, 0.3) is 11.1 Å². The van der Waals surface area contributed by atoms with Crippen LogP contribution in [0.5, 0.6) is 11.5 Å². The zero-order valence-corrected chi connectivity index (χ0v) is 14.9. The van der Waals surface area contributed by atoms with E-state index in [0.29, 0.717) is 17.0 Å². The molecule has 0 fully saturated rings. The van der Waals surface area contributed by atoms with Crippen LogP contribution >= 0.6 is 0 Å². The highest BCUT2D eigenvalue weighted by atomic mass is 16.5. The fraction of sp³-hybridized carbons (Fsp3) is 0.0909. The molecule has 3 rings (SSSR count). The van der Waals surface area contributed by atoms with E-state index >= 15 is 0 Å². The van der Waals surface area contributed by atoms with Gasteiger partial charge >= 0.3 is 0 Å². The third kappa shape index (κ3) is 4.95. The number of aromatic hydroxyl groups is 1. The molecular weight excluding hydrogens is 340 g/mol. The molecule has 3 aromatic rings. The third-order valence-corrected chi connectivity index (χ3v) is 3.97. The smallest absolute Gasteiger partial charge is 0.277 e. The lowest BCUT2D eigenvalue weighted by Gasteiger charge is -2.07. The van der Waals surface area contributed by atoms with Gasteiger partial charge in [0.05, 0.1) is 5.71 Å². The van der Waals surface area contributed by atoms with Gasteiger partial charge in [-0.25, -0.2) is 5.43 Å². The Morgan fingerprint density at radius 2 is 1.56 bits per heavy atom. The van der Waals surface area contributed by atoms with Gasteiger partial charge in [-0.15, -0.1) is 0 Å². The molecule has 3 aromatic carbocycles. The zero-order valence-electron chi connectivity index (χ0n) is 14.9. The first kappa shape index (κ1) is 18.2. The summed E-state index contributed by atoms with van der Waals surface area (Å²) in [4.78, 5) is 11.9. The van der Waals surface area contributed by atoms with E-state index in [4.69, 9.17) is 4.74 Å². The summed E-state index contributed by atoms with van der Waals surface area (Å²) in [7, 11) is 0. The van der Waals surface area contributed by atoms with Gasteiger partial charge in [-0.3, -0.25) is 4.79 Å². The Morgan fingerprint density at radius 1 is 0.926 bits per heavy atom. The van der Waals surface area contributed by atoms with E-state index in [9.17, 15) is 9.90 Å². The molecule has 27 heavy (non-hydrogen) atoms. The Kier molecular flexibility index (Phi) is 5.84. The SMILES string of the molecule is C/C(=N/NC(=O)COc1ccc(-c2ccccc2)cc1)c1ccccc1O. The minimum atomic E-state index is -0.378. The summed E-state index contributed by atoms with van der Waals surface area (Å²) in [6.45, 7) is 1.56. The molecule has 5 nitrogen and oxygen atoms in total. The van der Waals surface area contributed by atoms with E-state index < -0.39 is 0 Å². The van der Waals surface area contributed by atoms with Crippen LogP contribution in [0.15, 0.2) is 84.0 Å². The van der Waals surface area contributed by atoms with E-state index in [1.54, 1.807) is 31.2 Å². The standard InChI is InChI=1S/C22H20N2O3/c1-16(20-9-5-6-10-21(20)25)23-24-22(26)15-27-19-13-11-18(12-14-19)17-7-3-2-4-8-17/h2-14,25H,15H2,1H3,(H,24,26)/b23-16-. The quantitative estimate of drug-likeness (QED) is 0.516. The molecule has 0 radical (unpaired) electrons. The maximum Gasteiger partial charge on any atom is 0.277 e. The number of phenols is 1. The van der Waals surface area contributed by atoms with Crippen molar-refractivity contribution in [1.82, 2.24) is 5.43 Å². The van der Waals surface area contributed by atoms with Crippen LogP contribution in [0.4, 0.5) is 0 Å². The van der Waals surface area contributed by atoms with Crippen molar-refractivity contribution >= 4 is 11.6 Å². The predicted molar refractivity (Wildman–Crippen MR) is 106 cm³/mol. The van der Waals surface area contributed by atoms with Crippen LogP contribution in [0.3, 0.4) is 0 Å². The summed E-state index contributed by atoms with van der Waals surface area (Å²) in [5.41, 5.74) is 5.70. The summed E-state index contributed by atoms with van der Waals surface area (Å²) in [5, 5.41) is 13.8. The largest absolute Gasteiger partial charge is 0.507 e. The molecule has 0 aliphatic rings. The third-order valence-electron chi connectivity index (χ3n) is 3.97. The van der Waals surface area contributed by atoms with Crippen LogP contribution in [0.2, 0.25) is 0 Å². The second-order valence-electron chi connectivity index (χ2n) is 5.93. The van der Waals surface area contributed by atoms with Crippen molar-refractivity contribution in [1.29, 1.82) is 0 Å². The van der Waals surface area contributed by atoms with E-state index in [2.05, 4.69) is 10.5 Å². The Balaban J connectivity index is 1.53. The molecule has 0 spiro atoms. The Bertz CT molecular complexity index is 935. The number of carbonyl (C=O) groups excluding carboxylic acids is 1. The zero-order chi connectivity index (χ0) is 19.1. The number of para-hydroxylation sites is 1. The predicted octanol–water partition coefficient (Wildman–Crippen LogP) is 3.98. The van der Waals surface area contributed by atoms with E-state index in [-0.39, 0.29) is 18.3 Å². The maximum atomic E-state index is 11.9. The number of phenolic OH excluding ortho intramolecular Hbond substituents is 1. The van der Waals surface area contributed by atoms with Gasteiger partial charge in [0.1, 0.15) is 11.5 Å². The molecule has 0 heterocycles. The van der Waals surface area contributed by atoms with Crippen molar-refractivity contribution in [2.75, 3.05) is 6.61 Å².